The molecule has 0 aliphatic heterocycles. The predicted octanol–water partition coefficient (Wildman–Crippen LogP) is 2.81. The molecule has 0 fully saturated rings. The van der Waals surface area contributed by atoms with Crippen LogP contribution in [0.2, 0.25) is 0 Å². The van der Waals surface area contributed by atoms with Gasteiger partial charge < -0.3 is 9.88 Å². The number of benzene rings is 1. The number of anilines is 1. The fraction of sp³-hybridized carbons (Fsp3) is 0.200. The second-order valence-corrected chi connectivity index (χ2v) is 5.79. The molecule has 0 saturated carbocycles. The van der Waals surface area contributed by atoms with Crippen molar-refractivity contribution in [1.29, 1.82) is 0 Å². The molecule has 1 amide bonds. The minimum Gasteiger partial charge on any atom is -0.321 e. The van der Waals surface area contributed by atoms with Crippen LogP contribution in [0.3, 0.4) is 0 Å². The van der Waals surface area contributed by atoms with Crippen molar-refractivity contribution in [3.8, 4) is 11.4 Å². The Morgan fingerprint density at radius 2 is 2.09 bits per heavy atom. The zero-order valence-corrected chi connectivity index (χ0v) is 13.3. The van der Waals surface area contributed by atoms with E-state index in [-0.39, 0.29) is 5.91 Å². The molecule has 0 unspecified atom stereocenters. The number of aromatic nitrogens is 4. The first-order valence-electron chi connectivity index (χ1n) is 6.74. The van der Waals surface area contributed by atoms with E-state index in [0.717, 1.165) is 28.6 Å². The molecule has 2 heterocycles. The number of hydrogen-bond donors (Lipinski definition) is 1. The van der Waals surface area contributed by atoms with E-state index in [1.807, 2.05) is 49.7 Å². The molecule has 1 N–H and O–H groups in total. The fourth-order valence-corrected chi connectivity index (χ4v) is 2.80. The Kier molecular flexibility index (Phi) is 3.72. The lowest BCUT2D eigenvalue weighted by Crippen LogP contribution is -2.11. The van der Waals surface area contributed by atoms with Crippen LogP contribution in [0, 0.1) is 13.8 Å². The molecule has 0 saturated heterocycles. The van der Waals surface area contributed by atoms with Gasteiger partial charge in [-0.25, -0.2) is 4.98 Å². The second kappa shape index (κ2) is 5.69. The van der Waals surface area contributed by atoms with E-state index in [2.05, 4.69) is 20.5 Å². The maximum atomic E-state index is 12.2. The quantitative estimate of drug-likeness (QED) is 0.807. The summed E-state index contributed by atoms with van der Waals surface area (Å²) in [4.78, 5) is 17.0. The third-order valence-corrected chi connectivity index (χ3v) is 4.35. The zero-order chi connectivity index (χ0) is 15.7. The second-order valence-electron chi connectivity index (χ2n) is 4.93. The molecule has 0 spiro atoms. The summed E-state index contributed by atoms with van der Waals surface area (Å²) in [5.74, 6) is 1.46. The third kappa shape index (κ3) is 2.62. The van der Waals surface area contributed by atoms with Gasteiger partial charge in [-0.15, -0.1) is 21.5 Å². The number of amides is 1. The summed E-state index contributed by atoms with van der Waals surface area (Å²) in [6, 6.07) is 7.56. The molecule has 2 aromatic heterocycles. The van der Waals surface area contributed by atoms with Crippen molar-refractivity contribution in [2.45, 2.75) is 13.8 Å². The highest BCUT2D eigenvalue weighted by molar-refractivity contribution is 7.12. The van der Waals surface area contributed by atoms with Crippen LogP contribution in [0.25, 0.3) is 11.4 Å². The number of rotatable bonds is 3. The van der Waals surface area contributed by atoms with Crippen LogP contribution in [-0.2, 0) is 7.05 Å². The monoisotopic (exact) mass is 313 g/mol. The van der Waals surface area contributed by atoms with E-state index < -0.39 is 0 Å². The Morgan fingerprint density at radius 3 is 2.73 bits per heavy atom. The molecule has 0 radical (unpaired) electrons. The van der Waals surface area contributed by atoms with E-state index in [0.29, 0.717) is 4.88 Å². The molecule has 0 aliphatic carbocycles. The van der Waals surface area contributed by atoms with Gasteiger partial charge in [0, 0.05) is 18.3 Å². The van der Waals surface area contributed by atoms with Gasteiger partial charge in [-0.1, -0.05) is 12.1 Å². The molecule has 0 atom stereocenters. The third-order valence-electron chi connectivity index (χ3n) is 3.42. The van der Waals surface area contributed by atoms with Crippen molar-refractivity contribution in [2.24, 2.45) is 7.05 Å². The first-order valence-corrected chi connectivity index (χ1v) is 7.62. The Morgan fingerprint density at radius 1 is 1.27 bits per heavy atom. The van der Waals surface area contributed by atoms with Crippen LogP contribution in [0.4, 0.5) is 5.69 Å². The molecule has 1 aromatic carbocycles. The average Bonchev–Trinajstić information content (AvgIpc) is 3.06. The minimum atomic E-state index is -0.147. The average molecular weight is 313 g/mol. The highest BCUT2D eigenvalue weighted by Crippen LogP contribution is 2.22. The maximum absolute atomic E-state index is 12.2. The van der Waals surface area contributed by atoms with Crippen molar-refractivity contribution >= 4 is 22.9 Å². The van der Waals surface area contributed by atoms with Gasteiger partial charge in [-0.05, 0) is 26.0 Å². The minimum absolute atomic E-state index is 0.147. The Labute approximate surface area is 131 Å². The molecule has 3 rings (SSSR count). The van der Waals surface area contributed by atoms with E-state index in [1.54, 1.807) is 5.51 Å². The molecule has 112 valence electrons. The van der Waals surface area contributed by atoms with Gasteiger partial charge >= 0.3 is 0 Å². The van der Waals surface area contributed by atoms with Crippen molar-refractivity contribution < 1.29 is 4.79 Å². The number of nitrogens with zero attached hydrogens (tertiary/aromatic N) is 4. The largest absolute Gasteiger partial charge is 0.321 e. The van der Waals surface area contributed by atoms with Gasteiger partial charge in [0.05, 0.1) is 11.2 Å². The Balaban J connectivity index is 1.87. The van der Waals surface area contributed by atoms with Crippen LogP contribution >= 0.6 is 11.3 Å². The van der Waals surface area contributed by atoms with Crippen molar-refractivity contribution in [3.05, 3.63) is 46.2 Å². The fourth-order valence-electron chi connectivity index (χ4n) is 2.10. The molecular weight excluding hydrogens is 298 g/mol. The van der Waals surface area contributed by atoms with Gasteiger partial charge in [-0.2, -0.15) is 0 Å². The number of hydrogen-bond acceptors (Lipinski definition) is 5. The summed E-state index contributed by atoms with van der Waals surface area (Å²) in [6.45, 7) is 3.72. The smallest absolute Gasteiger partial charge is 0.267 e. The van der Waals surface area contributed by atoms with E-state index in [4.69, 9.17) is 0 Å². The molecule has 0 aliphatic rings. The normalized spacial score (nSPS) is 10.7. The molecule has 0 bridgehead atoms. The maximum Gasteiger partial charge on any atom is 0.267 e. The van der Waals surface area contributed by atoms with E-state index in [9.17, 15) is 4.79 Å². The summed E-state index contributed by atoms with van der Waals surface area (Å²) < 4.78 is 1.91. The van der Waals surface area contributed by atoms with Crippen LogP contribution in [0.15, 0.2) is 29.8 Å². The predicted molar refractivity (Wildman–Crippen MR) is 86.0 cm³/mol. The van der Waals surface area contributed by atoms with Crippen molar-refractivity contribution in [2.75, 3.05) is 5.32 Å². The van der Waals surface area contributed by atoms with Crippen molar-refractivity contribution in [3.63, 3.8) is 0 Å². The number of carbonyl (C=O) groups excluding carboxylic acids is 1. The van der Waals surface area contributed by atoms with Crippen LogP contribution in [-0.4, -0.2) is 25.7 Å². The first kappa shape index (κ1) is 14.4. The van der Waals surface area contributed by atoms with Gasteiger partial charge in [0.25, 0.3) is 5.91 Å². The summed E-state index contributed by atoms with van der Waals surface area (Å²) in [6.07, 6.45) is 0. The van der Waals surface area contributed by atoms with Crippen LogP contribution < -0.4 is 5.32 Å². The highest BCUT2D eigenvalue weighted by Gasteiger charge is 2.13. The van der Waals surface area contributed by atoms with Crippen LogP contribution in [0.1, 0.15) is 21.2 Å². The highest BCUT2D eigenvalue weighted by atomic mass is 32.1. The lowest BCUT2D eigenvalue weighted by molar-refractivity contribution is 0.103. The van der Waals surface area contributed by atoms with Gasteiger partial charge in [-0.3, -0.25) is 4.79 Å². The van der Waals surface area contributed by atoms with Gasteiger partial charge in [0.15, 0.2) is 5.82 Å². The van der Waals surface area contributed by atoms with Gasteiger partial charge in [0.2, 0.25) is 0 Å². The number of carbonyl (C=O) groups is 1. The zero-order valence-electron chi connectivity index (χ0n) is 12.5. The number of thiazole rings is 1. The Bertz CT molecular complexity index is 836. The molecule has 3 aromatic rings. The SMILES string of the molecule is Cc1ncsc1C(=O)Nc1cccc(-c2nnc(C)n2C)c1. The van der Waals surface area contributed by atoms with E-state index >= 15 is 0 Å². The molecule has 6 nitrogen and oxygen atoms in total. The summed E-state index contributed by atoms with van der Waals surface area (Å²) in [7, 11) is 1.91. The summed E-state index contributed by atoms with van der Waals surface area (Å²) >= 11 is 1.33. The molecule has 22 heavy (non-hydrogen) atoms. The number of nitrogens with one attached hydrogen (secondary N) is 1. The molecule has 7 heteroatoms. The molecular formula is C15H15N5OS. The standard InChI is InChI=1S/C15H15N5OS/c1-9-13(22-8-16-9)15(21)17-12-6-4-5-11(7-12)14-19-18-10(2)20(14)3/h4-8H,1-3H3,(H,17,21). The lowest BCUT2D eigenvalue weighted by atomic mass is 10.2. The van der Waals surface area contributed by atoms with E-state index in [1.165, 1.54) is 11.3 Å². The Hall–Kier alpha value is -2.54. The van der Waals surface area contributed by atoms with Crippen molar-refractivity contribution in [1.82, 2.24) is 19.7 Å². The van der Waals surface area contributed by atoms with Gasteiger partial charge in [0.1, 0.15) is 10.7 Å². The first-order chi connectivity index (χ1) is 10.6. The lowest BCUT2D eigenvalue weighted by Gasteiger charge is -2.07. The summed E-state index contributed by atoms with van der Waals surface area (Å²) in [5.41, 5.74) is 4.03. The topological polar surface area (TPSA) is 72.7 Å². The van der Waals surface area contributed by atoms with Crippen LogP contribution in [0.5, 0.6) is 0 Å². The number of aryl methyl sites for hydroxylation is 2. The summed E-state index contributed by atoms with van der Waals surface area (Å²) in [5, 5.41) is 11.1.